The van der Waals surface area contributed by atoms with E-state index in [4.69, 9.17) is 4.98 Å². The molecule has 1 fully saturated rings. The Labute approximate surface area is 152 Å². The topological polar surface area (TPSA) is 36.4 Å². The summed E-state index contributed by atoms with van der Waals surface area (Å²) >= 11 is 1.71. The molecule has 6 heteroatoms. The summed E-state index contributed by atoms with van der Waals surface area (Å²) < 4.78 is 13.3. The molecule has 0 N–H and O–H groups in total. The van der Waals surface area contributed by atoms with E-state index in [-0.39, 0.29) is 17.1 Å². The lowest BCUT2D eigenvalue weighted by atomic mass is 9.98. The average molecular weight is 361 g/mol. The third-order valence-electron chi connectivity index (χ3n) is 4.31. The largest absolute Gasteiger partial charge is 0.336 e. The number of benzene rings is 1. The van der Waals surface area contributed by atoms with Crippen molar-refractivity contribution in [1.82, 2.24) is 14.8 Å². The fourth-order valence-electron chi connectivity index (χ4n) is 2.87. The van der Waals surface area contributed by atoms with E-state index < -0.39 is 0 Å². The number of hydrogen-bond acceptors (Lipinski definition) is 4. The fourth-order valence-corrected chi connectivity index (χ4v) is 3.76. The van der Waals surface area contributed by atoms with Gasteiger partial charge in [-0.25, -0.2) is 9.37 Å². The average Bonchev–Trinajstić information content (AvgIpc) is 3.04. The molecule has 1 saturated heterocycles. The van der Waals surface area contributed by atoms with Crippen molar-refractivity contribution in [2.45, 2.75) is 32.7 Å². The molecule has 0 spiro atoms. The third-order valence-corrected chi connectivity index (χ3v) is 5.63. The standard InChI is InChI=1S/C19H24FN3OS/c1-19(2,3)18-21-16(13-25-18)12-22-7-9-23(10-8-22)17(24)14-5-4-6-15(20)11-14/h4-6,11,13H,7-10,12H2,1-3H3. The van der Waals surface area contributed by atoms with Crippen LogP contribution in [0.3, 0.4) is 0 Å². The van der Waals surface area contributed by atoms with Crippen LogP contribution in [0.1, 0.15) is 41.8 Å². The van der Waals surface area contributed by atoms with Crippen LogP contribution >= 0.6 is 11.3 Å². The second-order valence-electron chi connectivity index (χ2n) is 7.47. The summed E-state index contributed by atoms with van der Waals surface area (Å²) in [6, 6.07) is 5.90. The predicted molar refractivity (Wildman–Crippen MR) is 98.4 cm³/mol. The van der Waals surface area contributed by atoms with Crippen molar-refractivity contribution in [3.8, 4) is 0 Å². The van der Waals surface area contributed by atoms with Crippen LogP contribution in [0.25, 0.3) is 0 Å². The first-order chi connectivity index (χ1) is 11.8. The molecular formula is C19H24FN3OS. The second-order valence-corrected chi connectivity index (χ2v) is 8.33. The zero-order valence-corrected chi connectivity index (χ0v) is 15.8. The third kappa shape index (κ3) is 4.44. The first-order valence-electron chi connectivity index (χ1n) is 8.55. The molecule has 0 aliphatic carbocycles. The van der Waals surface area contributed by atoms with Gasteiger partial charge in [-0.15, -0.1) is 11.3 Å². The molecule has 0 saturated carbocycles. The van der Waals surface area contributed by atoms with Gasteiger partial charge >= 0.3 is 0 Å². The van der Waals surface area contributed by atoms with Crippen LogP contribution in [0.5, 0.6) is 0 Å². The number of thiazole rings is 1. The number of nitrogens with zero attached hydrogens (tertiary/aromatic N) is 3. The molecule has 0 bridgehead atoms. The molecule has 25 heavy (non-hydrogen) atoms. The Morgan fingerprint density at radius 3 is 2.56 bits per heavy atom. The summed E-state index contributed by atoms with van der Waals surface area (Å²) in [7, 11) is 0. The van der Waals surface area contributed by atoms with E-state index in [1.54, 1.807) is 28.4 Å². The van der Waals surface area contributed by atoms with Gasteiger partial charge < -0.3 is 4.90 Å². The number of carbonyl (C=O) groups is 1. The van der Waals surface area contributed by atoms with Crippen molar-refractivity contribution in [2.75, 3.05) is 26.2 Å². The van der Waals surface area contributed by atoms with Crippen LogP contribution in [0.15, 0.2) is 29.6 Å². The van der Waals surface area contributed by atoms with Gasteiger partial charge in [0, 0.05) is 49.1 Å². The zero-order chi connectivity index (χ0) is 18.0. The molecule has 1 aliphatic heterocycles. The van der Waals surface area contributed by atoms with Gasteiger partial charge in [0.2, 0.25) is 0 Å². The minimum absolute atomic E-state index is 0.0823. The Hall–Kier alpha value is -1.79. The van der Waals surface area contributed by atoms with Gasteiger partial charge in [0.25, 0.3) is 5.91 Å². The number of carbonyl (C=O) groups excluding carboxylic acids is 1. The number of rotatable bonds is 3. The Bertz CT molecular complexity index is 745. The zero-order valence-electron chi connectivity index (χ0n) is 15.0. The van der Waals surface area contributed by atoms with Gasteiger partial charge in [0.1, 0.15) is 5.82 Å². The number of hydrogen-bond donors (Lipinski definition) is 0. The minimum atomic E-state index is -0.373. The Kier molecular flexibility index (Phi) is 5.20. The van der Waals surface area contributed by atoms with Gasteiger partial charge in [-0.1, -0.05) is 26.8 Å². The van der Waals surface area contributed by atoms with Crippen molar-refractivity contribution in [3.63, 3.8) is 0 Å². The normalized spacial score (nSPS) is 16.2. The molecule has 0 unspecified atom stereocenters. The molecular weight excluding hydrogens is 337 g/mol. The highest BCUT2D eigenvalue weighted by atomic mass is 32.1. The van der Waals surface area contributed by atoms with E-state index in [0.717, 1.165) is 30.3 Å². The summed E-state index contributed by atoms with van der Waals surface area (Å²) in [5.41, 5.74) is 1.60. The lowest BCUT2D eigenvalue weighted by Gasteiger charge is -2.34. The summed E-state index contributed by atoms with van der Waals surface area (Å²) in [4.78, 5) is 21.3. The monoisotopic (exact) mass is 361 g/mol. The molecule has 4 nitrogen and oxygen atoms in total. The highest BCUT2D eigenvalue weighted by Gasteiger charge is 2.24. The van der Waals surface area contributed by atoms with Crippen molar-refractivity contribution in [3.05, 3.63) is 51.7 Å². The maximum absolute atomic E-state index is 13.3. The molecule has 0 atom stereocenters. The predicted octanol–water partition coefficient (Wildman–Crippen LogP) is 3.54. The van der Waals surface area contributed by atoms with Crippen LogP contribution in [-0.4, -0.2) is 46.9 Å². The first kappa shape index (κ1) is 18.0. The van der Waals surface area contributed by atoms with Gasteiger partial charge in [-0.2, -0.15) is 0 Å². The number of halogens is 1. The highest BCUT2D eigenvalue weighted by Crippen LogP contribution is 2.26. The SMILES string of the molecule is CC(C)(C)c1nc(CN2CCN(C(=O)c3cccc(F)c3)CC2)cs1. The van der Waals surface area contributed by atoms with Crippen LogP contribution < -0.4 is 0 Å². The molecule has 3 rings (SSSR count). The molecule has 0 radical (unpaired) electrons. The van der Waals surface area contributed by atoms with E-state index in [2.05, 4.69) is 31.1 Å². The van der Waals surface area contributed by atoms with Crippen molar-refractivity contribution in [2.24, 2.45) is 0 Å². The number of amides is 1. The first-order valence-corrected chi connectivity index (χ1v) is 9.43. The van der Waals surface area contributed by atoms with E-state index in [1.807, 2.05) is 0 Å². The van der Waals surface area contributed by atoms with Gasteiger partial charge in [-0.3, -0.25) is 9.69 Å². The van der Waals surface area contributed by atoms with Gasteiger partial charge in [0.15, 0.2) is 0 Å². The Morgan fingerprint density at radius 1 is 1.24 bits per heavy atom. The summed E-state index contributed by atoms with van der Waals surface area (Å²) in [5.74, 6) is -0.467. The summed E-state index contributed by atoms with van der Waals surface area (Å²) in [6.45, 7) is 10.3. The quantitative estimate of drug-likeness (QED) is 0.839. The molecule has 1 aliphatic rings. The smallest absolute Gasteiger partial charge is 0.254 e. The second kappa shape index (κ2) is 7.22. The van der Waals surface area contributed by atoms with Crippen molar-refractivity contribution >= 4 is 17.2 Å². The summed E-state index contributed by atoms with van der Waals surface area (Å²) in [5, 5.41) is 3.28. The lowest BCUT2D eigenvalue weighted by molar-refractivity contribution is 0.0626. The van der Waals surface area contributed by atoms with Crippen LogP contribution in [0, 0.1) is 5.82 Å². The molecule has 2 aromatic rings. The molecule has 134 valence electrons. The van der Waals surface area contributed by atoms with Crippen LogP contribution in [-0.2, 0) is 12.0 Å². The highest BCUT2D eigenvalue weighted by molar-refractivity contribution is 7.09. The molecule has 1 aromatic carbocycles. The summed E-state index contributed by atoms with van der Waals surface area (Å²) in [6.07, 6.45) is 0. The van der Waals surface area contributed by atoms with E-state index in [1.165, 1.54) is 12.1 Å². The maximum Gasteiger partial charge on any atom is 0.254 e. The Morgan fingerprint density at radius 2 is 1.96 bits per heavy atom. The maximum atomic E-state index is 13.3. The van der Waals surface area contributed by atoms with E-state index in [0.29, 0.717) is 18.7 Å². The lowest BCUT2D eigenvalue weighted by Crippen LogP contribution is -2.48. The van der Waals surface area contributed by atoms with Gasteiger partial charge in [0.05, 0.1) is 10.7 Å². The fraction of sp³-hybridized carbons (Fsp3) is 0.474. The van der Waals surface area contributed by atoms with Gasteiger partial charge in [-0.05, 0) is 18.2 Å². The molecule has 1 aromatic heterocycles. The van der Waals surface area contributed by atoms with E-state index in [9.17, 15) is 9.18 Å². The van der Waals surface area contributed by atoms with Crippen molar-refractivity contribution in [1.29, 1.82) is 0 Å². The van der Waals surface area contributed by atoms with Crippen LogP contribution in [0.2, 0.25) is 0 Å². The van der Waals surface area contributed by atoms with Crippen molar-refractivity contribution < 1.29 is 9.18 Å². The van der Waals surface area contributed by atoms with Crippen LogP contribution in [0.4, 0.5) is 4.39 Å². The number of aromatic nitrogens is 1. The Balaban J connectivity index is 1.55. The molecule has 2 heterocycles. The van der Waals surface area contributed by atoms with E-state index >= 15 is 0 Å². The molecule has 1 amide bonds. The minimum Gasteiger partial charge on any atom is -0.336 e. The number of piperazine rings is 1.